The molecule has 0 bridgehead atoms. The molecule has 0 aliphatic carbocycles. The van der Waals surface area contributed by atoms with Crippen molar-refractivity contribution in [1.29, 1.82) is 0 Å². The van der Waals surface area contributed by atoms with E-state index in [0.717, 1.165) is 13.1 Å². The Morgan fingerprint density at radius 2 is 1.90 bits per heavy atom. The number of hydrogen-bond donors (Lipinski definition) is 1. The molecule has 0 radical (unpaired) electrons. The Balaban J connectivity index is 2.06. The quantitative estimate of drug-likeness (QED) is 0.841. The van der Waals surface area contributed by atoms with E-state index in [1.165, 1.54) is 32.2 Å². The Morgan fingerprint density at radius 3 is 2.38 bits per heavy atom. The number of rotatable bonds is 5. The highest BCUT2D eigenvalue weighted by Crippen LogP contribution is 2.34. The smallest absolute Gasteiger partial charge is 0.0710 e. The number of nitrogens with one attached hydrogen (secondary N) is 1. The predicted molar refractivity (Wildman–Crippen MR) is 89.7 cm³/mol. The van der Waals surface area contributed by atoms with Crippen molar-refractivity contribution in [3.8, 4) is 0 Å². The van der Waals surface area contributed by atoms with Crippen LogP contribution < -0.4 is 5.32 Å². The van der Waals surface area contributed by atoms with Gasteiger partial charge in [0.05, 0.1) is 11.7 Å². The van der Waals surface area contributed by atoms with E-state index in [9.17, 15) is 0 Å². The van der Waals surface area contributed by atoms with Crippen molar-refractivity contribution in [2.24, 2.45) is 5.92 Å². The maximum Gasteiger partial charge on any atom is 0.0710 e. The zero-order valence-electron chi connectivity index (χ0n) is 15.0. The highest BCUT2D eigenvalue weighted by atomic mass is 16.5. The molecule has 2 atom stereocenters. The van der Waals surface area contributed by atoms with Crippen molar-refractivity contribution in [2.75, 3.05) is 19.6 Å². The monoisotopic (exact) mass is 296 g/mol. The van der Waals surface area contributed by atoms with Crippen LogP contribution in [0.3, 0.4) is 0 Å². The standard InChI is InChI=1S/C18H36N2O/c1-7-18(8-2)13-19-16(14(3)4)12-20(18)11-15-9-10-17(5,6)21-15/h14-16,19H,7-13H2,1-6H3. The molecule has 2 unspecified atom stereocenters. The van der Waals surface area contributed by atoms with E-state index in [-0.39, 0.29) is 5.60 Å². The molecule has 0 aromatic rings. The Bertz CT molecular complexity index is 336. The molecule has 124 valence electrons. The summed E-state index contributed by atoms with van der Waals surface area (Å²) in [5.74, 6) is 0.695. The van der Waals surface area contributed by atoms with Gasteiger partial charge in [-0.3, -0.25) is 4.90 Å². The zero-order valence-corrected chi connectivity index (χ0v) is 15.0. The first-order chi connectivity index (χ1) is 9.82. The van der Waals surface area contributed by atoms with Gasteiger partial charge in [-0.25, -0.2) is 0 Å². The summed E-state index contributed by atoms with van der Waals surface area (Å²) < 4.78 is 6.27. The maximum atomic E-state index is 6.27. The molecule has 0 amide bonds. The molecule has 21 heavy (non-hydrogen) atoms. The fraction of sp³-hybridized carbons (Fsp3) is 1.00. The van der Waals surface area contributed by atoms with Crippen molar-refractivity contribution < 1.29 is 4.74 Å². The normalized spacial score (nSPS) is 32.7. The number of ether oxygens (including phenoxy) is 1. The van der Waals surface area contributed by atoms with E-state index in [2.05, 4.69) is 51.8 Å². The van der Waals surface area contributed by atoms with E-state index >= 15 is 0 Å². The first-order valence-corrected chi connectivity index (χ1v) is 8.98. The topological polar surface area (TPSA) is 24.5 Å². The van der Waals surface area contributed by atoms with Crippen molar-refractivity contribution in [3.05, 3.63) is 0 Å². The molecule has 2 rings (SSSR count). The van der Waals surface area contributed by atoms with E-state index in [1.54, 1.807) is 0 Å². The van der Waals surface area contributed by atoms with Crippen molar-refractivity contribution in [3.63, 3.8) is 0 Å². The van der Waals surface area contributed by atoms with Gasteiger partial charge in [-0.2, -0.15) is 0 Å². The van der Waals surface area contributed by atoms with Crippen LogP contribution in [0.5, 0.6) is 0 Å². The van der Waals surface area contributed by atoms with Crippen LogP contribution in [0.2, 0.25) is 0 Å². The molecule has 0 aromatic carbocycles. The van der Waals surface area contributed by atoms with Gasteiger partial charge < -0.3 is 10.1 Å². The van der Waals surface area contributed by atoms with Gasteiger partial charge in [-0.1, -0.05) is 27.7 Å². The SMILES string of the molecule is CCC1(CC)CNC(C(C)C)CN1CC1CCC(C)(C)O1. The summed E-state index contributed by atoms with van der Waals surface area (Å²) in [6, 6.07) is 0.616. The molecule has 2 saturated heterocycles. The number of piperazine rings is 1. The molecule has 2 heterocycles. The Kier molecular flexibility index (Phi) is 5.38. The summed E-state index contributed by atoms with van der Waals surface area (Å²) in [6.45, 7) is 17.2. The van der Waals surface area contributed by atoms with Crippen molar-refractivity contribution in [1.82, 2.24) is 10.2 Å². The van der Waals surface area contributed by atoms with Gasteiger partial charge in [0.15, 0.2) is 0 Å². The lowest BCUT2D eigenvalue weighted by Gasteiger charge is -2.51. The molecule has 0 saturated carbocycles. The van der Waals surface area contributed by atoms with Gasteiger partial charge in [0.1, 0.15) is 0 Å². The second-order valence-corrected chi connectivity index (χ2v) is 8.11. The molecule has 1 N–H and O–H groups in total. The van der Waals surface area contributed by atoms with Crippen LogP contribution in [0.4, 0.5) is 0 Å². The van der Waals surface area contributed by atoms with Crippen LogP contribution in [0.1, 0.15) is 67.2 Å². The van der Waals surface area contributed by atoms with Crippen LogP contribution in [0, 0.1) is 5.92 Å². The van der Waals surface area contributed by atoms with E-state index < -0.39 is 0 Å². The average Bonchev–Trinajstić information content (AvgIpc) is 2.78. The lowest BCUT2D eigenvalue weighted by molar-refractivity contribution is -0.0599. The predicted octanol–water partition coefficient (Wildman–Crippen LogP) is 3.43. The third-order valence-electron chi connectivity index (χ3n) is 5.88. The summed E-state index contributed by atoms with van der Waals surface area (Å²) in [5.41, 5.74) is 0.402. The van der Waals surface area contributed by atoms with Gasteiger partial charge in [0, 0.05) is 31.2 Å². The highest BCUT2D eigenvalue weighted by Gasteiger charge is 2.42. The summed E-state index contributed by atoms with van der Waals surface area (Å²) >= 11 is 0. The largest absolute Gasteiger partial charge is 0.371 e. The van der Waals surface area contributed by atoms with Gasteiger partial charge >= 0.3 is 0 Å². The second kappa shape index (κ2) is 6.55. The molecule has 2 aliphatic rings. The Labute approximate surface area is 131 Å². The van der Waals surface area contributed by atoms with Crippen LogP contribution in [0.15, 0.2) is 0 Å². The van der Waals surface area contributed by atoms with Crippen LogP contribution in [-0.2, 0) is 4.74 Å². The second-order valence-electron chi connectivity index (χ2n) is 8.11. The van der Waals surface area contributed by atoms with E-state index in [4.69, 9.17) is 4.74 Å². The minimum absolute atomic E-state index is 0.0806. The van der Waals surface area contributed by atoms with E-state index in [0.29, 0.717) is 23.6 Å². The van der Waals surface area contributed by atoms with E-state index in [1.807, 2.05) is 0 Å². The summed E-state index contributed by atoms with van der Waals surface area (Å²) in [7, 11) is 0. The number of hydrogen-bond acceptors (Lipinski definition) is 3. The minimum atomic E-state index is 0.0806. The molecule has 2 aliphatic heterocycles. The van der Waals surface area contributed by atoms with Gasteiger partial charge in [-0.15, -0.1) is 0 Å². The molecule has 3 heteroatoms. The first-order valence-electron chi connectivity index (χ1n) is 8.98. The van der Waals surface area contributed by atoms with Crippen molar-refractivity contribution >= 4 is 0 Å². The van der Waals surface area contributed by atoms with Crippen molar-refractivity contribution in [2.45, 2.75) is 90.5 Å². The Hall–Kier alpha value is -0.120. The lowest BCUT2D eigenvalue weighted by atomic mass is 9.85. The summed E-state index contributed by atoms with van der Waals surface area (Å²) in [4.78, 5) is 2.75. The summed E-state index contributed by atoms with van der Waals surface area (Å²) in [6.07, 6.45) is 5.27. The lowest BCUT2D eigenvalue weighted by Crippen LogP contribution is -2.66. The average molecular weight is 296 g/mol. The van der Waals surface area contributed by atoms with Gasteiger partial charge in [-0.05, 0) is 45.4 Å². The maximum absolute atomic E-state index is 6.27. The molecule has 3 nitrogen and oxygen atoms in total. The highest BCUT2D eigenvalue weighted by molar-refractivity contribution is 4.99. The van der Waals surface area contributed by atoms with Crippen LogP contribution >= 0.6 is 0 Å². The molecular weight excluding hydrogens is 260 g/mol. The minimum Gasteiger partial charge on any atom is -0.371 e. The third-order valence-corrected chi connectivity index (χ3v) is 5.88. The molecule has 2 fully saturated rings. The Morgan fingerprint density at radius 1 is 1.24 bits per heavy atom. The third kappa shape index (κ3) is 3.80. The molecule has 0 aromatic heterocycles. The first kappa shape index (κ1) is 17.2. The van der Waals surface area contributed by atoms with Gasteiger partial charge in [0.25, 0.3) is 0 Å². The fourth-order valence-corrected chi connectivity index (χ4v) is 4.04. The van der Waals surface area contributed by atoms with Crippen LogP contribution in [0.25, 0.3) is 0 Å². The van der Waals surface area contributed by atoms with Crippen LogP contribution in [-0.4, -0.2) is 47.8 Å². The van der Waals surface area contributed by atoms with Gasteiger partial charge in [0.2, 0.25) is 0 Å². The fourth-order valence-electron chi connectivity index (χ4n) is 4.04. The molecule has 0 spiro atoms. The zero-order chi connectivity index (χ0) is 15.7. The number of nitrogens with zero attached hydrogens (tertiary/aromatic N) is 1. The molecular formula is C18H36N2O. The summed E-state index contributed by atoms with van der Waals surface area (Å²) in [5, 5.41) is 3.80.